The van der Waals surface area contributed by atoms with Crippen molar-refractivity contribution in [3.05, 3.63) is 56.7 Å². The van der Waals surface area contributed by atoms with Gasteiger partial charge in [-0.3, -0.25) is 24.6 Å². The Morgan fingerprint density at radius 1 is 1.23 bits per heavy atom. The number of carbonyl (C=O) groups is 2. The maximum Gasteiger partial charge on any atom is 0.293 e. The number of benzene rings is 1. The summed E-state index contributed by atoms with van der Waals surface area (Å²) >= 11 is 0.882. The molecule has 1 aromatic carbocycles. The molecule has 134 valence electrons. The van der Waals surface area contributed by atoms with Gasteiger partial charge >= 0.3 is 0 Å². The number of hydrogen-bond donors (Lipinski definition) is 0. The van der Waals surface area contributed by atoms with Gasteiger partial charge in [-0.05, 0) is 56.3 Å². The standard InChI is InChI=1S/C18H16N2O5S/c1-10(2)19-17(21)16(26-18(19)22)9-13-5-7-15(25-13)14-6-4-12(20(23)24)8-11(14)3/h4-10H,1-3H3/b16-9-. The quantitative estimate of drug-likeness (QED) is 0.442. The van der Waals surface area contributed by atoms with E-state index in [2.05, 4.69) is 0 Å². The number of amides is 2. The van der Waals surface area contributed by atoms with Gasteiger partial charge in [-0.15, -0.1) is 0 Å². The zero-order chi connectivity index (χ0) is 19.0. The number of nitro groups is 1. The van der Waals surface area contributed by atoms with Crippen LogP contribution in [0, 0.1) is 17.0 Å². The Labute approximate surface area is 153 Å². The molecule has 0 aliphatic carbocycles. The molecule has 26 heavy (non-hydrogen) atoms. The van der Waals surface area contributed by atoms with Crippen molar-refractivity contribution in [1.29, 1.82) is 0 Å². The van der Waals surface area contributed by atoms with Gasteiger partial charge < -0.3 is 4.42 Å². The number of carbonyl (C=O) groups excluding carboxylic acids is 2. The van der Waals surface area contributed by atoms with Crippen molar-refractivity contribution in [3.63, 3.8) is 0 Å². The lowest BCUT2D eigenvalue weighted by Crippen LogP contribution is -2.34. The summed E-state index contributed by atoms with van der Waals surface area (Å²) in [4.78, 5) is 36.1. The molecule has 1 aromatic heterocycles. The molecule has 0 radical (unpaired) electrons. The van der Waals surface area contributed by atoms with E-state index in [-0.39, 0.29) is 22.9 Å². The van der Waals surface area contributed by atoms with Gasteiger partial charge in [0.1, 0.15) is 11.5 Å². The predicted molar refractivity (Wildman–Crippen MR) is 98.5 cm³/mol. The topological polar surface area (TPSA) is 93.7 Å². The van der Waals surface area contributed by atoms with Gasteiger partial charge in [-0.2, -0.15) is 0 Å². The Bertz CT molecular complexity index is 945. The number of rotatable bonds is 4. The van der Waals surface area contributed by atoms with Crippen LogP contribution in [0.25, 0.3) is 17.4 Å². The molecule has 0 spiro atoms. The van der Waals surface area contributed by atoms with Crippen LogP contribution in [0.2, 0.25) is 0 Å². The number of non-ortho nitro benzene ring substituents is 1. The Kier molecular flexibility index (Phi) is 4.69. The van der Waals surface area contributed by atoms with Gasteiger partial charge in [0.2, 0.25) is 0 Å². The van der Waals surface area contributed by atoms with Crippen molar-refractivity contribution in [2.75, 3.05) is 0 Å². The number of hydrogen-bond acceptors (Lipinski definition) is 6. The minimum Gasteiger partial charge on any atom is -0.457 e. The first-order chi connectivity index (χ1) is 12.3. The van der Waals surface area contributed by atoms with Gasteiger partial charge in [0, 0.05) is 29.8 Å². The van der Waals surface area contributed by atoms with Crippen molar-refractivity contribution in [1.82, 2.24) is 4.90 Å². The molecule has 1 fully saturated rings. The average Bonchev–Trinajstić information content (AvgIpc) is 3.12. The lowest BCUT2D eigenvalue weighted by Gasteiger charge is -2.16. The molecule has 0 saturated carbocycles. The van der Waals surface area contributed by atoms with E-state index in [0.717, 1.165) is 17.3 Å². The molecule has 8 heteroatoms. The van der Waals surface area contributed by atoms with Crippen LogP contribution in [0.5, 0.6) is 0 Å². The number of nitro benzene ring substituents is 1. The summed E-state index contributed by atoms with van der Waals surface area (Å²) in [6, 6.07) is 7.74. The summed E-state index contributed by atoms with van der Waals surface area (Å²) in [5.41, 5.74) is 1.45. The van der Waals surface area contributed by atoms with Crippen LogP contribution in [-0.4, -0.2) is 27.0 Å². The molecule has 7 nitrogen and oxygen atoms in total. The Hall–Kier alpha value is -2.87. The smallest absolute Gasteiger partial charge is 0.293 e. The Morgan fingerprint density at radius 3 is 2.54 bits per heavy atom. The molecular formula is C18H16N2O5S. The molecular weight excluding hydrogens is 356 g/mol. The van der Waals surface area contributed by atoms with Crippen molar-refractivity contribution in [3.8, 4) is 11.3 Å². The summed E-state index contributed by atoms with van der Waals surface area (Å²) in [6.07, 6.45) is 1.54. The molecule has 0 bridgehead atoms. The summed E-state index contributed by atoms with van der Waals surface area (Å²) < 4.78 is 5.75. The highest BCUT2D eigenvalue weighted by atomic mass is 32.2. The Balaban J connectivity index is 1.88. The van der Waals surface area contributed by atoms with Crippen molar-refractivity contribution >= 4 is 34.7 Å². The second-order valence-electron chi connectivity index (χ2n) is 6.10. The third kappa shape index (κ3) is 3.28. The first-order valence-corrected chi connectivity index (χ1v) is 8.72. The van der Waals surface area contributed by atoms with Crippen LogP contribution in [0.3, 0.4) is 0 Å². The third-order valence-corrected chi connectivity index (χ3v) is 4.81. The first-order valence-electron chi connectivity index (χ1n) is 7.90. The van der Waals surface area contributed by atoms with Crippen LogP contribution in [-0.2, 0) is 4.79 Å². The van der Waals surface area contributed by atoms with E-state index in [1.165, 1.54) is 23.1 Å². The van der Waals surface area contributed by atoms with E-state index < -0.39 is 4.92 Å². The lowest BCUT2D eigenvalue weighted by molar-refractivity contribution is -0.384. The predicted octanol–water partition coefficient (Wildman–Crippen LogP) is 4.61. The first kappa shape index (κ1) is 17.9. The van der Waals surface area contributed by atoms with Crippen molar-refractivity contribution < 1.29 is 18.9 Å². The zero-order valence-corrected chi connectivity index (χ0v) is 15.2. The molecule has 1 saturated heterocycles. The van der Waals surface area contributed by atoms with Gasteiger partial charge in [0.25, 0.3) is 16.8 Å². The molecule has 2 amide bonds. The van der Waals surface area contributed by atoms with E-state index in [0.29, 0.717) is 22.0 Å². The van der Waals surface area contributed by atoms with Crippen LogP contribution in [0.1, 0.15) is 25.2 Å². The Morgan fingerprint density at radius 2 is 1.96 bits per heavy atom. The highest BCUT2D eigenvalue weighted by molar-refractivity contribution is 8.18. The lowest BCUT2D eigenvalue weighted by atomic mass is 10.1. The minimum atomic E-state index is -0.449. The fraction of sp³-hybridized carbons (Fsp3) is 0.222. The fourth-order valence-corrected chi connectivity index (χ4v) is 3.61. The largest absolute Gasteiger partial charge is 0.457 e. The molecule has 2 aromatic rings. The zero-order valence-electron chi connectivity index (χ0n) is 14.4. The summed E-state index contributed by atoms with van der Waals surface area (Å²) in [5.74, 6) is 0.637. The van der Waals surface area contributed by atoms with Crippen LogP contribution >= 0.6 is 11.8 Å². The van der Waals surface area contributed by atoms with E-state index in [4.69, 9.17) is 4.42 Å². The van der Waals surface area contributed by atoms with Gasteiger partial charge in [-0.25, -0.2) is 0 Å². The van der Waals surface area contributed by atoms with Gasteiger partial charge in [0.05, 0.1) is 9.83 Å². The summed E-state index contributed by atoms with van der Waals surface area (Å²) in [7, 11) is 0. The van der Waals surface area contributed by atoms with E-state index in [1.807, 2.05) is 0 Å². The molecule has 0 atom stereocenters. The highest BCUT2D eigenvalue weighted by Crippen LogP contribution is 2.35. The minimum absolute atomic E-state index is 0.0142. The molecule has 1 aliphatic rings. The third-order valence-electron chi connectivity index (χ3n) is 3.93. The molecule has 2 heterocycles. The van der Waals surface area contributed by atoms with Crippen LogP contribution in [0.4, 0.5) is 10.5 Å². The molecule has 3 rings (SSSR count). The van der Waals surface area contributed by atoms with Crippen molar-refractivity contribution in [2.24, 2.45) is 0 Å². The second-order valence-corrected chi connectivity index (χ2v) is 7.10. The maximum absolute atomic E-state index is 12.3. The highest BCUT2D eigenvalue weighted by Gasteiger charge is 2.36. The SMILES string of the molecule is Cc1cc([N+](=O)[O-])ccc1-c1ccc(/C=C2\SC(=O)N(C(C)C)C2=O)o1. The van der Waals surface area contributed by atoms with E-state index >= 15 is 0 Å². The number of nitrogens with zero attached hydrogens (tertiary/aromatic N) is 2. The van der Waals surface area contributed by atoms with E-state index in [1.54, 1.807) is 39.0 Å². The van der Waals surface area contributed by atoms with Gasteiger partial charge in [-0.1, -0.05) is 0 Å². The number of aryl methyl sites for hydroxylation is 1. The number of thioether (sulfide) groups is 1. The van der Waals surface area contributed by atoms with Crippen LogP contribution in [0.15, 0.2) is 39.7 Å². The van der Waals surface area contributed by atoms with Crippen LogP contribution < -0.4 is 0 Å². The van der Waals surface area contributed by atoms with Gasteiger partial charge in [0.15, 0.2) is 0 Å². The fourth-order valence-electron chi connectivity index (χ4n) is 2.67. The number of imide groups is 1. The maximum atomic E-state index is 12.3. The van der Waals surface area contributed by atoms with E-state index in [9.17, 15) is 19.7 Å². The summed E-state index contributed by atoms with van der Waals surface area (Å²) in [6.45, 7) is 5.32. The second kappa shape index (κ2) is 6.80. The van der Waals surface area contributed by atoms with Crippen molar-refractivity contribution in [2.45, 2.75) is 26.8 Å². The molecule has 0 unspecified atom stereocenters. The average molecular weight is 372 g/mol. The normalized spacial score (nSPS) is 16.2. The molecule has 1 aliphatic heterocycles. The molecule has 0 N–H and O–H groups in total. The summed E-state index contributed by atoms with van der Waals surface area (Å²) in [5, 5.41) is 10.5. The number of furan rings is 1. The monoisotopic (exact) mass is 372 g/mol.